The lowest BCUT2D eigenvalue weighted by Gasteiger charge is -2.28. The Balaban J connectivity index is 2.61. The van der Waals surface area contributed by atoms with Crippen molar-refractivity contribution in [1.29, 1.82) is 0 Å². The first-order valence-electron chi connectivity index (χ1n) is 4.13. The van der Waals surface area contributed by atoms with E-state index >= 15 is 0 Å². The van der Waals surface area contributed by atoms with Crippen LogP contribution >= 0.6 is 0 Å². The van der Waals surface area contributed by atoms with Crippen LogP contribution in [0.25, 0.3) is 0 Å². The monoisotopic (exact) mass is 139 g/mol. The maximum Gasteiger partial charge on any atom is 0.0174 e. The fraction of sp³-hybridized carbons (Fsp3) is 0.778. The van der Waals surface area contributed by atoms with Crippen LogP contribution in [-0.4, -0.2) is 18.5 Å². The fourth-order valence-corrected chi connectivity index (χ4v) is 1.54. The van der Waals surface area contributed by atoms with E-state index in [0.717, 1.165) is 0 Å². The lowest BCUT2D eigenvalue weighted by molar-refractivity contribution is 0.348. The first-order valence-corrected chi connectivity index (χ1v) is 4.13. The Labute approximate surface area is 63.7 Å². The van der Waals surface area contributed by atoms with Crippen LogP contribution in [0.15, 0.2) is 11.8 Å². The predicted molar refractivity (Wildman–Crippen MR) is 44.8 cm³/mol. The molecular weight excluding hydrogens is 122 g/mol. The number of hydrogen-bond donors (Lipinski definition) is 0. The summed E-state index contributed by atoms with van der Waals surface area (Å²) < 4.78 is 0. The Kier molecular flexibility index (Phi) is 2.36. The summed E-state index contributed by atoms with van der Waals surface area (Å²) in [5.74, 6) is 0.699. The summed E-state index contributed by atoms with van der Waals surface area (Å²) in [6, 6.07) is 0. The van der Waals surface area contributed by atoms with E-state index in [0.29, 0.717) is 5.92 Å². The predicted octanol–water partition coefficient (Wildman–Crippen LogP) is 2.25. The van der Waals surface area contributed by atoms with Gasteiger partial charge in [-0.1, -0.05) is 19.9 Å². The molecule has 0 aromatic heterocycles. The Morgan fingerprint density at radius 1 is 1.50 bits per heavy atom. The quantitative estimate of drug-likeness (QED) is 0.538. The average molecular weight is 139 g/mol. The highest BCUT2D eigenvalue weighted by Crippen LogP contribution is 2.19. The van der Waals surface area contributed by atoms with Gasteiger partial charge < -0.3 is 4.90 Å². The van der Waals surface area contributed by atoms with Crippen molar-refractivity contribution >= 4 is 0 Å². The SMILES string of the molecule is CC(C)C1=CCCCN1C. The molecule has 58 valence electrons. The van der Waals surface area contributed by atoms with Gasteiger partial charge in [0.25, 0.3) is 0 Å². The van der Waals surface area contributed by atoms with Crippen LogP contribution in [0, 0.1) is 5.92 Å². The average Bonchev–Trinajstić information content (AvgIpc) is 1.88. The number of rotatable bonds is 1. The van der Waals surface area contributed by atoms with Crippen molar-refractivity contribution in [3.05, 3.63) is 11.8 Å². The van der Waals surface area contributed by atoms with Crippen LogP contribution in [0.2, 0.25) is 0 Å². The maximum absolute atomic E-state index is 2.37. The van der Waals surface area contributed by atoms with Crippen LogP contribution in [0.3, 0.4) is 0 Å². The van der Waals surface area contributed by atoms with Crippen LogP contribution in [-0.2, 0) is 0 Å². The van der Waals surface area contributed by atoms with Crippen LogP contribution < -0.4 is 0 Å². The zero-order valence-electron chi connectivity index (χ0n) is 7.22. The van der Waals surface area contributed by atoms with E-state index in [9.17, 15) is 0 Å². The molecule has 0 bridgehead atoms. The minimum absolute atomic E-state index is 0.699. The Hall–Kier alpha value is -0.460. The van der Waals surface area contributed by atoms with Gasteiger partial charge in [-0.3, -0.25) is 0 Å². The molecule has 0 amide bonds. The third-order valence-electron chi connectivity index (χ3n) is 2.08. The van der Waals surface area contributed by atoms with Gasteiger partial charge in [0.05, 0.1) is 0 Å². The largest absolute Gasteiger partial charge is 0.378 e. The van der Waals surface area contributed by atoms with E-state index in [-0.39, 0.29) is 0 Å². The molecule has 0 fully saturated rings. The molecule has 0 radical (unpaired) electrons. The molecule has 1 heterocycles. The summed E-state index contributed by atoms with van der Waals surface area (Å²) >= 11 is 0. The smallest absolute Gasteiger partial charge is 0.0174 e. The summed E-state index contributed by atoms with van der Waals surface area (Å²) in [7, 11) is 2.19. The topological polar surface area (TPSA) is 3.24 Å². The minimum atomic E-state index is 0.699. The van der Waals surface area contributed by atoms with Gasteiger partial charge in [-0.2, -0.15) is 0 Å². The second-order valence-electron chi connectivity index (χ2n) is 3.35. The van der Waals surface area contributed by atoms with Gasteiger partial charge in [0.2, 0.25) is 0 Å². The fourth-order valence-electron chi connectivity index (χ4n) is 1.54. The van der Waals surface area contributed by atoms with E-state index in [1.54, 1.807) is 0 Å². The second-order valence-corrected chi connectivity index (χ2v) is 3.35. The highest BCUT2D eigenvalue weighted by molar-refractivity contribution is 5.05. The van der Waals surface area contributed by atoms with Gasteiger partial charge in [-0.15, -0.1) is 0 Å². The molecule has 0 spiro atoms. The number of hydrogen-bond acceptors (Lipinski definition) is 1. The van der Waals surface area contributed by atoms with E-state index in [1.165, 1.54) is 25.1 Å². The summed E-state index contributed by atoms with van der Waals surface area (Å²) in [5.41, 5.74) is 1.52. The molecule has 1 nitrogen and oxygen atoms in total. The molecule has 1 aliphatic heterocycles. The lowest BCUT2D eigenvalue weighted by atomic mass is 10.0. The molecule has 0 aromatic carbocycles. The first-order chi connectivity index (χ1) is 4.72. The van der Waals surface area contributed by atoms with Gasteiger partial charge in [0.15, 0.2) is 0 Å². The van der Waals surface area contributed by atoms with Crippen molar-refractivity contribution in [2.75, 3.05) is 13.6 Å². The van der Waals surface area contributed by atoms with E-state index < -0.39 is 0 Å². The zero-order valence-corrected chi connectivity index (χ0v) is 7.22. The van der Waals surface area contributed by atoms with Crippen molar-refractivity contribution in [1.82, 2.24) is 4.90 Å². The molecule has 0 saturated carbocycles. The summed E-state index contributed by atoms with van der Waals surface area (Å²) in [4.78, 5) is 2.37. The molecule has 0 aromatic rings. The third-order valence-corrected chi connectivity index (χ3v) is 2.08. The maximum atomic E-state index is 2.37. The van der Waals surface area contributed by atoms with Gasteiger partial charge >= 0.3 is 0 Å². The second kappa shape index (κ2) is 3.09. The van der Waals surface area contributed by atoms with E-state index in [4.69, 9.17) is 0 Å². The van der Waals surface area contributed by atoms with E-state index in [1.807, 2.05) is 0 Å². The van der Waals surface area contributed by atoms with Crippen LogP contribution in [0.1, 0.15) is 26.7 Å². The molecule has 0 atom stereocenters. The molecule has 0 unspecified atom stereocenters. The Morgan fingerprint density at radius 2 is 2.20 bits per heavy atom. The Bertz CT molecular complexity index is 136. The number of nitrogens with zero attached hydrogens (tertiary/aromatic N) is 1. The zero-order chi connectivity index (χ0) is 7.56. The summed E-state index contributed by atoms with van der Waals surface area (Å²) in [6.45, 7) is 5.76. The summed E-state index contributed by atoms with van der Waals surface area (Å²) in [5, 5.41) is 0. The van der Waals surface area contributed by atoms with Gasteiger partial charge in [0.1, 0.15) is 0 Å². The van der Waals surface area contributed by atoms with Crippen LogP contribution in [0.4, 0.5) is 0 Å². The standard InChI is InChI=1S/C9H17N/c1-8(2)9-6-4-5-7-10(9)3/h6,8H,4-5,7H2,1-3H3. The molecule has 1 rings (SSSR count). The summed E-state index contributed by atoms with van der Waals surface area (Å²) in [6.07, 6.45) is 4.97. The molecule has 0 N–H and O–H groups in total. The van der Waals surface area contributed by atoms with Gasteiger partial charge in [-0.05, 0) is 18.8 Å². The number of allylic oxidation sites excluding steroid dienone is 2. The lowest BCUT2D eigenvalue weighted by Crippen LogP contribution is -2.25. The molecule has 1 heteroatoms. The van der Waals surface area contributed by atoms with Gasteiger partial charge in [-0.25, -0.2) is 0 Å². The van der Waals surface area contributed by atoms with Crippen LogP contribution in [0.5, 0.6) is 0 Å². The third kappa shape index (κ3) is 1.53. The van der Waals surface area contributed by atoms with Crippen molar-refractivity contribution in [2.24, 2.45) is 5.92 Å². The highest BCUT2D eigenvalue weighted by Gasteiger charge is 2.11. The Morgan fingerprint density at radius 3 is 2.60 bits per heavy atom. The normalized spacial score (nSPS) is 19.6. The van der Waals surface area contributed by atoms with Crippen molar-refractivity contribution in [3.8, 4) is 0 Å². The first kappa shape index (κ1) is 7.64. The molecule has 1 aliphatic rings. The van der Waals surface area contributed by atoms with Gasteiger partial charge in [0, 0.05) is 19.3 Å². The van der Waals surface area contributed by atoms with E-state index in [2.05, 4.69) is 31.9 Å². The van der Waals surface area contributed by atoms with Crippen molar-refractivity contribution in [3.63, 3.8) is 0 Å². The van der Waals surface area contributed by atoms with Crippen molar-refractivity contribution < 1.29 is 0 Å². The molecule has 10 heavy (non-hydrogen) atoms. The molecule has 0 aliphatic carbocycles. The highest BCUT2D eigenvalue weighted by atomic mass is 15.1. The molecule has 0 saturated heterocycles. The van der Waals surface area contributed by atoms with Crippen molar-refractivity contribution in [2.45, 2.75) is 26.7 Å². The minimum Gasteiger partial charge on any atom is -0.378 e. The molecular formula is C9H17N.